The zero-order chi connectivity index (χ0) is 17.5. The molecule has 0 spiro atoms. The molecule has 2 aromatic rings. The quantitative estimate of drug-likeness (QED) is 0.792. The van der Waals surface area contributed by atoms with Crippen molar-refractivity contribution in [1.82, 2.24) is 5.32 Å². The number of ether oxygens (including phenoxy) is 1. The van der Waals surface area contributed by atoms with Gasteiger partial charge in [-0.15, -0.1) is 0 Å². The van der Waals surface area contributed by atoms with Gasteiger partial charge in [0.25, 0.3) is 0 Å². The predicted molar refractivity (Wildman–Crippen MR) is 95.7 cm³/mol. The van der Waals surface area contributed by atoms with Gasteiger partial charge < -0.3 is 10.1 Å². The Hall–Kier alpha value is -2.36. The van der Waals surface area contributed by atoms with Gasteiger partial charge in [0.05, 0.1) is 7.11 Å². The highest BCUT2D eigenvalue weighted by Crippen LogP contribution is 2.17. The highest BCUT2D eigenvalue weighted by molar-refractivity contribution is 5.85. The lowest BCUT2D eigenvalue weighted by Gasteiger charge is -2.17. The molecule has 0 bridgehead atoms. The van der Waals surface area contributed by atoms with Crippen LogP contribution in [0.4, 0.5) is 0 Å². The molecule has 1 atom stereocenters. The lowest BCUT2D eigenvalue weighted by Crippen LogP contribution is -2.43. The van der Waals surface area contributed by atoms with Crippen LogP contribution in [0.1, 0.15) is 32.3 Å². The number of nitrogens with one attached hydrogen (secondary N) is 1. The molecule has 0 heterocycles. The van der Waals surface area contributed by atoms with Crippen LogP contribution in [0.25, 0.3) is 10.8 Å². The second-order valence-corrected chi connectivity index (χ2v) is 6.46. The largest absolute Gasteiger partial charge is 0.467 e. The fraction of sp³-hybridized carbons (Fsp3) is 0.400. The first-order valence-electron chi connectivity index (χ1n) is 8.34. The number of esters is 1. The molecule has 4 heteroatoms. The summed E-state index contributed by atoms with van der Waals surface area (Å²) < 4.78 is 4.84. The van der Waals surface area contributed by atoms with Crippen LogP contribution in [0.3, 0.4) is 0 Å². The molecule has 0 aliphatic carbocycles. The Labute approximate surface area is 143 Å². The molecule has 1 unspecified atom stereocenters. The molecular weight excluding hydrogens is 302 g/mol. The first-order chi connectivity index (χ1) is 11.5. The summed E-state index contributed by atoms with van der Waals surface area (Å²) in [6.45, 7) is 4.14. The van der Waals surface area contributed by atoms with Crippen molar-refractivity contribution in [3.8, 4) is 0 Å². The van der Waals surface area contributed by atoms with E-state index in [1.165, 1.54) is 7.11 Å². The summed E-state index contributed by atoms with van der Waals surface area (Å²) in [5.74, 6) is -0.0752. The topological polar surface area (TPSA) is 55.4 Å². The second kappa shape index (κ2) is 8.48. The standard InChI is InChI=1S/C20H25NO3/c1-14(2)8-11-19(22)21-18(20(23)24-3)13-15-9-10-16-6-4-5-7-17(16)12-15/h4-7,9-10,12,14,18H,8,11,13H2,1-3H3,(H,21,22). The Morgan fingerprint density at radius 2 is 1.79 bits per heavy atom. The number of benzene rings is 2. The minimum Gasteiger partial charge on any atom is -0.467 e. The van der Waals surface area contributed by atoms with Crippen molar-refractivity contribution in [3.05, 3.63) is 48.0 Å². The summed E-state index contributed by atoms with van der Waals surface area (Å²) in [7, 11) is 1.34. The molecule has 0 aliphatic rings. The highest BCUT2D eigenvalue weighted by atomic mass is 16.5. The number of hydrogen-bond donors (Lipinski definition) is 1. The van der Waals surface area contributed by atoms with Crippen molar-refractivity contribution in [1.29, 1.82) is 0 Å². The van der Waals surface area contributed by atoms with Crippen molar-refractivity contribution >= 4 is 22.6 Å². The van der Waals surface area contributed by atoms with Gasteiger partial charge in [-0.2, -0.15) is 0 Å². The van der Waals surface area contributed by atoms with Crippen LogP contribution in [0, 0.1) is 5.92 Å². The van der Waals surface area contributed by atoms with Crippen molar-refractivity contribution in [2.24, 2.45) is 5.92 Å². The molecule has 0 radical (unpaired) electrons. The van der Waals surface area contributed by atoms with E-state index >= 15 is 0 Å². The Bertz CT molecular complexity index is 709. The Morgan fingerprint density at radius 3 is 2.46 bits per heavy atom. The fourth-order valence-electron chi connectivity index (χ4n) is 2.62. The molecule has 128 valence electrons. The Balaban J connectivity index is 2.09. The summed E-state index contributed by atoms with van der Waals surface area (Å²) in [5.41, 5.74) is 0.994. The molecule has 0 aliphatic heterocycles. The van der Waals surface area contributed by atoms with Crippen molar-refractivity contribution < 1.29 is 14.3 Å². The van der Waals surface area contributed by atoms with Crippen LogP contribution in [-0.2, 0) is 20.7 Å². The first kappa shape index (κ1) is 18.0. The summed E-state index contributed by atoms with van der Waals surface area (Å²) in [6.07, 6.45) is 1.64. The number of amides is 1. The highest BCUT2D eigenvalue weighted by Gasteiger charge is 2.22. The van der Waals surface area contributed by atoms with Crippen molar-refractivity contribution in [2.75, 3.05) is 7.11 Å². The smallest absolute Gasteiger partial charge is 0.328 e. The molecule has 24 heavy (non-hydrogen) atoms. The number of fused-ring (bicyclic) bond motifs is 1. The zero-order valence-corrected chi connectivity index (χ0v) is 14.5. The Morgan fingerprint density at radius 1 is 1.08 bits per heavy atom. The van der Waals surface area contributed by atoms with E-state index < -0.39 is 12.0 Å². The van der Waals surface area contributed by atoms with Gasteiger partial charge in [0.15, 0.2) is 0 Å². The van der Waals surface area contributed by atoms with Crippen LogP contribution in [-0.4, -0.2) is 25.0 Å². The van der Waals surface area contributed by atoms with Crippen LogP contribution in [0.5, 0.6) is 0 Å². The van der Waals surface area contributed by atoms with E-state index in [0.717, 1.165) is 22.8 Å². The van der Waals surface area contributed by atoms with E-state index in [4.69, 9.17) is 4.74 Å². The molecule has 0 fully saturated rings. The average Bonchev–Trinajstić information content (AvgIpc) is 2.58. The number of rotatable bonds is 7. The van der Waals surface area contributed by atoms with Gasteiger partial charge in [-0.25, -0.2) is 4.79 Å². The van der Waals surface area contributed by atoms with Crippen LogP contribution in [0.15, 0.2) is 42.5 Å². The van der Waals surface area contributed by atoms with Crippen LogP contribution in [0.2, 0.25) is 0 Å². The maximum atomic E-state index is 12.1. The summed E-state index contributed by atoms with van der Waals surface area (Å²) in [6, 6.07) is 13.5. The lowest BCUT2D eigenvalue weighted by atomic mass is 10.0. The van der Waals surface area contributed by atoms with Gasteiger partial charge in [-0.3, -0.25) is 4.79 Å². The maximum absolute atomic E-state index is 12.1. The summed E-state index contributed by atoms with van der Waals surface area (Å²) >= 11 is 0. The van der Waals surface area contributed by atoms with Crippen molar-refractivity contribution in [3.63, 3.8) is 0 Å². The average molecular weight is 327 g/mol. The molecule has 0 saturated heterocycles. The van der Waals surface area contributed by atoms with E-state index in [-0.39, 0.29) is 5.91 Å². The third kappa shape index (κ3) is 5.08. The van der Waals surface area contributed by atoms with Gasteiger partial charge >= 0.3 is 5.97 Å². The van der Waals surface area contributed by atoms with E-state index in [0.29, 0.717) is 18.8 Å². The van der Waals surface area contributed by atoms with Crippen LogP contribution < -0.4 is 5.32 Å². The van der Waals surface area contributed by atoms with Gasteiger partial charge in [0, 0.05) is 12.8 Å². The zero-order valence-electron chi connectivity index (χ0n) is 14.5. The number of carbonyl (C=O) groups excluding carboxylic acids is 2. The molecule has 4 nitrogen and oxygen atoms in total. The maximum Gasteiger partial charge on any atom is 0.328 e. The van der Waals surface area contributed by atoms with Gasteiger partial charge in [0.1, 0.15) is 6.04 Å². The minimum atomic E-state index is -0.657. The lowest BCUT2D eigenvalue weighted by molar-refractivity contribution is -0.145. The van der Waals surface area contributed by atoms with Crippen LogP contribution >= 0.6 is 0 Å². The summed E-state index contributed by atoms with van der Waals surface area (Å²) in [4.78, 5) is 24.1. The minimum absolute atomic E-state index is 0.111. The molecule has 2 rings (SSSR count). The molecule has 2 aromatic carbocycles. The normalized spacial score (nSPS) is 12.2. The number of methoxy groups -OCH3 is 1. The third-order valence-corrected chi connectivity index (χ3v) is 4.02. The van der Waals surface area contributed by atoms with Gasteiger partial charge in [0.2, 0.25) is 5.91 Å². The summed E-state index contributed by atoms with van der Waals surface area (Å²) in [5, 5.41) is 5.07. The van der Waals surface area contributed by atoms with Gasteiger partial charge in [-0.05, 0) is 28.7 Å². The third-order valence-electron chi connectivity index (χ3n) is 4.02. The molecule has 1 N–H and O–H groups in total. The number of carbonyl (C=O) groups is 2. The fourth-order valence-corrected chi connectivity index (χ4v) is 2.62. The van der Waals surface area contributed by atoms with E-state index in [2.05, 4.69) is 19.2 Å². The predicted octanol–water partition coefficient (Wildman–Crippen LogP) is 3.48. The second-order valence-electron chi connectivity index (χ2n) is 6.46. The molecule has 0 saturated carbocycles. The number of hydrogen-bond acceptors (Lipinski definition) is 3. The monoisotopic (exact) mass is 327 g/mol. The first-order valence-corrected chi connectivity index (χ1v) is 8.34. The Kier molecular flexibility index (Phi) is 6.36. The molecular formula is C20H25NO3. The molecule has 1 amide bonds. The molecule has 0 aromatic heterocycles. The van der Waals surface area contributed by atoms with E-state index in [9.17, 15) is 9.59 Å². The van der Waals surface area contributed by atoms with Crippen molar-refractivity contribution in [2.45, 2.75) is 39.2 Å². The van der Waals surface area contributed by atoms with E-state index in [1.807, 2.05) is 42.5 Å². The van der Waals surface area contributed by atoms with E-state index in [1.54, 1.807) is 0 Å². The van der Waals surface area contributed by atoms with Gasteiger partial charge in [-0.1, -0.05) is 56.3 Å². The SMILES string of the molecule is COC(=O)C(Cc1ccc2ccccc2c1)NC(=O)CCC(C)C.